The highest BCUT2D eigenvalue weighted by Gasteiger charge is 2.25. The maximum absolute atomic E-state index is 12.0. The van der Waals surface area contributed by atoms with E-state index in [1.165, 1.54) is 0 Å². The number of hydrogen-bond acceptors (Lipinski definition) is 4. The van der Waals surface area contributed by atoms with Crippen LogP contribution in [0.4, 0.5) is 4.79 Å². The predicted octanol–water partition coefficient (Wildman–Crippen LogP) is 2.27. The van der Waals surface area contributed by atoms with Crippen LogP contribution in [0.3, 0.4) is 0 Å². The molecule has 5 heteroatoms. The lowest BCUT2D eigenvalue weighted by Crippen LogP contribution is -2.48. The van der Waals surface area contributed by atoms with E-state index in [1.54, 1.807) is 4.90 Å². The average molecular weight is 269 g/mol. The Morgan fingerprint density at radius 1 is 1.32 bits per heavy atom. The number of carbonyl (C=O) groups excluding carboxylic acids is 1. The van der Waals surface area contributed by atoms with E-state index in [9.17, 15) is 4.79 Å². The fourth-order valence-corrected chi connectivity index (χ4v) is 1.58. The van der Waals surface area contributed by atoms with Crippen LogP contribution in [0, 0.1) is 5.41 Å². The van der Waals surface area contributed by atoms with E-state index in [-0.39, 0.29) is 11.5 Å². The van der Waals surface area contributed by atoms with Crippen LogP contribution in [0.5, 0.6) is 0 Å². The summed E-state index contributed by atoms with van der Waals surface area (Å²) in [5.41, 5.74) is -0.263. The molecule has 0 aromatic rings. The first-order chi connectivity index (χ1) is 8.57. The molecule has 0 spiro atoms. The number of aliphatic imine (C=N–C) groups is 1. The van der Waals surface area contributed by atoms with Gasteiger partial charge in [0.15, 0.2) is 0 Å². The Hall–Kier alpha value is -1.26. The second kappa shape index (κ2) is 5.80. The summed E-state index contributed by atoms with van der Waals surface area (Å²) in [6.07, 6.45) is -0.266. The average Bonchev–Trinajstić information content (AvgIpc) is 2.23. The Morgan fingerprint density at radius 3 is 2.47 bits per heavy atom. The summed E-state index contributed by atoms with van der Waals surface area (Å²) in [6, 6.07) is 0. The molecule has 0 radical (unpaired) electrons. The number of amidine groups is 1. The van der Waals surface area contributed by atoms with Crippen LogP contribution in [0.1, 0.15) is 41.5 Å². The molecule has 0 aromatic carbocycles. The molecule has 5 nitrogen and oxygen atoms in total. The standard InChI is InChI=1S/C14H27N3O2/c1-13(2,3)10-16-11-9-17(8-7-15-11)12(18)19-14(4,5)6/h7-10H2,1-6H3,(H,15,16). The molecule has 0 bridgehead atoms. The molecular formula is C14H27N3O2. The third-order valence-corrected chi connectivity index (χ3v) is 2.49. The highest BCUT2D eigenvalue weighted by molar-refractivity contribution is 5.87. The highest BCUT2D eigenvalue weighted by atomic mass is 16.6. The van der Waals surface area contributed by atoms with Gasteiger partial charge in [-0.1, -0.05) is 20.8 Å². The van der Waals surface area contributed by atoms with Crippen LogP contribution in [0.15, 0.2) is 4.99 Å². The SMILES string of the molecule is CC(C)(C)CNC1=NCCN(C(=O)OC(C)(C)C)C1. The monoisotopic (exact) mass is 269 g/mol. The van der Waals surface area contributed by atoms with Gasteiger partial charge >= 0.3 is 6.09 Å². The van der Waals surface area contributed by atoms with E-state index in [2.05, 4.69) is 31.1 Å². The van der Waals surface area contributed by atoms with Crippen LogP contribution >= 0.6 is 0 Å². The summed E-state index contributed by atoms with van der Waals surface area (Å²) < 4.78 is 5.38. The third-order valence-electron chi connectivity index (χ3n) is 2.49. The van der Waals surface area contributed by atoms with Crippen molar-refractivity contribution in [1.29, 1.82) is 0 Å². The van der Waals surface area contributed by atoms with E-state index < -0.39 is 5.60 Å². The summed E-state index contributed by atoms with van der Waals surface area (Å²) >= 11 is 0. The molecule has 1 rings (SSSR count). The topological polar surface area (TPSA) is 53.9 Å². The lowest BCUT2D eigenvalue weighted by atomic mass is 9.97. The Bertz CT molecular complexity index is 351. The molecule has 1 aliphatic rings. The first-order valence-corrected chi connectivity index (χ1v) is 6.82. The van der Waals surface area contributed by atoms with E-state index in [1.807, 2.05) is 20.8 Å². The molecule has 110 valence electrons. The smallest absolute Gasteiger partial charge is 0.410 e. The molecule has 0 unspecified atom stereocenters. The van der Waals surface area contributed by atoms with Gasteiger partial charge in [0, 0.05) is 13.1 Å². The maximum atomic E-state index is 12.0. The van der Waals surface area contributed by atoms with Gasteiger partial charge in [-0.25, -0.2) is 4.79 Å². The summed E-state index contributed by atoms with van der Waals surface area (Å²) in [5.74, 6) is 0.868. The van der Waals surface area contributed by atoms with Crippen molar-refractivity contribution in [1.82, 2.24) is 10.2 Å². The Labute approximate surface area is 116 Å². The van der Waals surface area contributed by atoms with E-state index in [0.29, 0.717) is 19.6 Å². The number of rotatable bonds is 1. The van der Waals surface area contributed by atoms with Gasteiger partial charge in [0.2, 0.25) is 0 Å². The van der Waals surface area contributed by atoms with Crippen LogP contribution in [0.2, 0.25) is 0 Å². The highest BCUT2D eigenvalue weighted by Crippen LogP contribution is 2.12. The fraction of sp³-hybridized carbons (Fsp3) is 0.857. The first kappa shape index (κ1) is 15.8. The Morgan fingerprint density at radius 2 is 1.95 bits per heavy atom. The van der Waals surface area contributed by atoms with Crippen LogP contribution in [-0.2, 0) is 4.74 Å². The number of nitrogens with one attached hydrogen (secondary N) is 1. The van der Waals surface area contributed by atoms with Crippen molar-refractivity contribution in [2.75, 3.05) is 26.2 Å². The summed E-state index contributed by atoms with van der Waals surface area (Å²) in [7, 11) is 0. The molecule has 0 aliphatic carbocycles. The van der Waals surface area contributed by atoms with Gasteiger partial charge in [-0.15, -0.1) is 0 Å². The minimum absolute atomic E-state index is 0.191. The number of nitrogens with zero attached hydrogens (tertiary/aromatic N) is 2. The first-order valence-electron chi connectivity index (χ1n) is 6.82. The Balaban J connectivity index is 2.49. The second-order valence-electron chi connectivity index (χ2n) is 7.14. The van der Waals surface area contributed by atoms with Gasteiger partial charge < -0.3 is 10.1 Å². The van der Waals surface area contributed by atoms with Gasteiger partial charge in [0.05, 0.1) is 13.1 Å². The molecule has 1 amide bonds. The second-order valence-corrected chi connectivity index (χ2v) is 7.14. The van der Waals surface area contributed by atoms with Gasteiger partial charge in [-0.2, -0.15) is 0 Å². The molecule has 19 heavy (non-hydrogen) atoms. The number of amides is 1. The lowest BCUT2D eigenvalue weighted by Gasteiger charge is -2.30. The molecule has 1 aliphatic heterocycles. The molecule has 1 N–H and O–H groups in total. The fourth-order valence-electron chi connectivity index (χ4n) is 1.58. The van der Waals surface area contributed by atoms with Crippen LogP contribution in [0.25, 0.3) is 0 Å². The molecule has 0 saturated heterocycles. The zero-order chi connectivity index (χ0) is 14.7. The zero-order valence-corrected chi connectivity index (χ0v) is 13.0. The lowest BCUT2D eigenvalue weighted by molar-refractivity contribution is 0.0276. The largest absolute Gasteiger partial charge is 0.444 e. The van der Waals surface area contributed by atoms with Crippen molar-refractivity contribution in [3.63, 3.8) is 0 Å². The molecule has 0 aromatic heterocycles. The Kier molecular flexibility index (Phi) is 4.82. The molecule has 0 atom stereocenters. The van der Waals surface area contributed by atoms with Crippen LogP contribution in [-0.4, -0.2) is 48.6 Å². The van der Waals surface area contributed by atoms with Crippen molar-refractivity contribution in [2.24, 2.45) is 10.4 Å². The molecule has 0 fully saturated rings. The number of carbonyl (C=O) groups is 1. The van der Waals surface area contributed by atoms with Crippen LogP contribution < -0.4 is 5.32 Å². The van der Waals surface area contributed by atoms with Gasteiger partial charge in [0.25, 0.3) is 0 Å². The van der Waals surface area contributed by atoms with Crippen molar-refractivity contribution >= 4 is 11.9 Å². The minimum Gasteiger partial charge on any atom is -0.444 e. The zero-order valence-electron chi connectivity index (χ0n) is 13.0. The van der Waals surface area contributed by atoms with Gasteiger partial charge in [0.1, 0.15) is 11.4 Å². The van der Waals surface area contributed by atoms with E-state index in [0.717, 1.165) is 12.4 Å². The summed E-state index contributed by atoms with van der Waals surface area (Å²) in [4.78, 5) is 18.1. The van der Waals surface area contributed by atoms with E-state index >= 15 is 0 Å². The summed E-state index contributed by atoms with van der Waals surface area (Å²) in [6.45, 7) is 14.7. The quantitative estimate of drug-likeness (QED) is 0.794. The van der Waals surface area contributed by atoms with E-state index in [4.69, 9.17) is 4.74 Å². The normalized spacial score (nSPS) is 16.9. The molecular weight excluding hydrogens is 242 g/mol. The van der Waals surface area contributed by atoms with Gasteiger partial charge in [-0.3, -0.25) is 9.89 Å². The van der Waals surface area contributed by atoms with Crippen molar-refractivity contribution in [3.05, 3.63) is 0 Å². The summed E-state index contributed by atoms with van der Waals surface area (Å²) in [5, 5.41) is 3.31. The molecule has 0 saturated carbocycles. The predicted molar refractivity (Wildman–Crippen MR) is 77.6 cm³/mol. The minimum atomic E-state index is -0.454. The van der Waals surface area contributed by atoms with Crippen molar-refractivity contribution in [3.8, 4) is 0 Å². The third kappa shape index (κ3) is 6.45. The molecule has 1 heterocycles. The van der Waals surface area contributed by atoms with Gasteiger partial charge in [-0.05, 0) is 26.2 Å². The number of ether oxygens (including phenoxy) is 1. The number of hydrogen-bond donors (Lipinski definition) is 1. The van der Waals surface area contributed by atoms with Crippen molar-refractivity contribution < 1.29 is 9.53 Å². The van der Waals surface area contributed by atoms with Crippen molar-refractivity contribution in [2.45, 2.75) is 47.1 Å². The maximum Gasteiger partial charge on any atom is 0.410 e.